The Morgan fingerprint density at radius 3 is 2.70 bits per heavy atom. The molecular weight excluding hydrogens is 248 g/mol. The number of benzene rings is 1. The molecule has 1 saturated carbocycles. The van der Waals surface area contributed by atoms with Crippen molar-refractivity contribution < 1.29 is 4.42 Å². The number of nitrogens with two attached hydrogens (primary N) is 1. The summed E-state index contributed by atoms with van der Waals surface area (Å²) in [5.74, 6) is 3.41. The molecule has 0 aliphatic heterocycles. The number of aryl methyl sites for hydroxylation is 1. The molecule has 20 heavy (non-hydrogen) atoms. The molecule has 3 heteroatoms. The molecule has 1 heterocycles. The van der Waals surface area contributed by atoms with Crippen molar-refractivity contribution >= 4 is 5.69 Å². The lowest BCUT2D eigenvalue weighted by molar-refractivity contribution is 0.441. The lowest BCUT2D eigenvalue weighted by Gasteiger charge is -2.17. The Labute approximate surface area is 120 Å². The third kappa shape index (κ3) is 2.59. The molecule has 0 amide bonds. The van der Waals surface area contributed by atoms with Crippen molar-refractivity contribution in [2.75, 3.05) is 11.9 Å². The van der Waals surface area contributed by atoms with E-state index < -0.39 is 0 Å². The van der Waals surface area contributed by atoms with Gasteiger partial charge in [0.05, 0.1) is 6.04 Å². The second-order valence-corrected chi connectivity index (χ2v) is 5.81. The van der Waals surface area contributed by atoms with E-state index in [0.29, 0.717) is 12.5 Å². The zero-order valence-electron chi connectivity index (χ0n) is 12.1. The molecule has 1 fully saturated rings. The minimum Gasteiger partial charge on any atom is -0.464 e. The molecule has 2 aromatic rings. The number of hydrogen-bond donors (Lipinski definition) is 2. The highest BCUT2D eigenvalue weighted by Crippen LogP contribution is 2.47. The fourth-order valence-electron chi connectivity index (χ4n) is 2.64. The molecule has 1 aromatic carbocycles. The summed E-state index contributed by atoms with van der Waals surface area (Å²) in [6.45, 7) is 4.87. The first-order chi connectivity index (χ1) is 9.69. The van der Waals surface area contributed by atoms with E-state index in [-0.39, 0.29) is 6.04 Å². The Bertz CT molecular complexity index is 590. The van der Waals surface area contributed by atoms with E-state index in [2.05, 4.69) is 43.4 Å². The van der Waals surface area contributed by atoms with Gasteiger partial charge in [0.1, 0.15) is 11.5 Å². The van der Waals surface area contributed by atoms with Crippen LogP contribution in [0.1, 0.15) is 42.4 Å². The molecule has 0 bridgehead atoms. The third-order valence-corrected chi connectivity index (χ3v) is 4.18. The summed E-state index contributed by atoms with van der Waals surface area (Å²) in [6.07, 6.45) is 1.24. The average molecular weight is 270 g/mol. The van der Waals surface area contributed by atoms with Crippen molar-refractivity contribution in [3.8, 4) is 0 Å². The highest BCUT2D eigenvalue weighted by Gasteiger charge is 2.36. The van der Waals surface area contributed by atoms with Crippen LogP contribution in [0.15, 0.2) is 40.8 Å². The van der Waals surface area contributed by atoms with Gasteiger partial charge in [0.15, 0.2) is 0 Å². The standard InChI is InChI=1S/C17H22N2O/c1-11-5-3-4-6-14(11)19-15(10-18)17-8-7-16(20-17)13-9-12(13)2/h3-8,12-13,15,19H,9-10,18H2,1-2H3. The third-order valence-electron chi connectivity index (χ3n) is 4.18. The van der Waals surface area contributed by atoms with Gasteiger partial charge in [0.2, 0.25) is 0 Å². The van der Waals surface area contributed by atoms with Crippen molar-refractivity contribution in [2.45, 2.75) is 32.2 Å². The Hall–Kier alpha value is -1.74. The molecular formula is C17H22N2O. The molecule has 1 aliphatic carbocycles. The van der Waals surface area contributed by atoms with Crippen LogP contribution in [0, 0.1) is 12.8 Å². The topological polar surface area (TPSA) is 51.2 Å². The first-order valence-corrected chi connectivity index (χ1v) is 7.31. The van der Waals surface area contributed by atoms with Gasteiger partial charge >= 0.3 is 0 Å². The molecule has 3 rings (SSSR count). The lowest BCUT2D eigenvalue weighted by atomic mass is 10.1. The largest absolute Gasteiger partial charge is 0.464 e. The predicted molar refractivity (Wildman–Crippen MR) is 81.8 cm³/mol. The van der Waals surface area contributed by atoms with Gasteiger partial charge < -0.3 is 15.5 Å². The first kappa shape index (κ1) is 13.3. The summed E-state index contributed by atoms with van der Waals surface area (Å²) in [5, 5.41) is 3.48. The maximum atomic E-state index is 6.00. The van der Waals surface area contributed by atoms with Gasteiger partial charge in [-0.15, -0.1) is 0 Å². The van der Waals surface area contributed by atoms with Crippen LogP contribution in [0.25, 0.3) is 0 Å². The number of hydrogen-bond acceptors (Lipinski definition) is 3. The molecule has 0 spiro atoms. The highest BCUT2D eigenvalue weighted by molar-refractivity contribution is 5.51. The first-order valence-electron chi connectivity index (χ1n) is 7.31. The van der Waals surface area contributed by atoms with Gasteiger partial charge in [-0.25, -0.2) is 0 Å². The summed E-state index contributed by atoms with van der Waals surface area (Å²) in [7, 11) is 0. The molecule has 1 aliphatic rings. The Morgan fingerprint density at radius 2 is 2.05 bits per heavy atom. The van der Waals surface area contributed by atoms with E-state index in [1.807, 2.05) is 12.1 Å². The van der Waals surface area contributed by atoms with Gasteiger partial charge in [-0.3, -0.25) is 0 Å². The normalized spacial score (nSPS) is 22.6. The van der Waals surface area contributed by atoms with Crippen LogP contribution in [0.4, 0.5) is 5.69 Å². The van der Waals surface area contributed by atoms with Gasteiger partial charge in [0, 0.05) is 18.2 Å². The van der Waals surface area contributed by atoms with Crippen molar-refractivity contribution in [3.63, 3.8) is 0 Å². The van der Waals surface area contributed by atoms with Crippen molar-refractivity contribution in [1.29, 1.82) is 0 Å². The molecule has 3 unspecified atom stereocenters. The van der Waals surface area contributed by atoms with Crippen LogP contribution in [-0.4, -0.2) is 6.54 Å². The number of nitrogens with one attached hydrogen (secondary N) is 1. The van der Waals surface area contributed by atoms with E-state index in [0.717, 1.165) is 23.1 Å². The highest BCUT2D eigenvalue weighted by atomic mass is 16.3. The molecule has 106 valence electrons. The lowest BCUT2D eigenvalue weighted by Crippen LogP contribution is -2.20. The molecule has 0 saturated heterocycles. The number of furan rings is 1. The van der Waals surface area contributed by atoms with Crippen LogP contribution in [0.5, 0.6) is 0 Å². The molecule has 3 nitrogen and oxygen atoms in total. The monoisotopic (exact) mass is 270 g/mol. The maximum Gasteiger partial charge on any atom is 0.127 e. The number of anilines is 1. The van der Waals surface area contributed by atoms with E-state index in [1.165, 1.54) is 12.0 Å². The van der Waals surface area contributed by atoms with Gasteiger partial charge in [-0.1, -0.05) is 25.1 Å². The summed E-state index contributed by atoms with van der Waals surface area (Å²) in [6, 6.07) is 12.4. The zero-order valence-corrected chi connectivity index (χ0v) is 12.1. The minimum absolute atomic E-state index is 0.0268. The van der Waals surface area contributed by atoms with Crippen LogP contribution in [-0.2, 0) is 0 Å². The van der Waals surface area contributed by atoms with Crippen LogP contribution in [0.3, 0.4) is 0 Å². The van der Waals surface area contributed by atoms with Gasteiger partial charge in [-0.2, -0.15) is 0 Å². The van der Waals surface area contributed by atoms with Crippen LogP contribution >= 0.6 is 0 Å². The fraction of sp³-hybridized carbons (Fsp3) is 0.412. The number of rotatable bonds is 5. The summed E-state index contributed by atoms with van der Waals surface area (Å²) in [4.78, 5) is 0. The average Bonchev–Trinajstić information content (AvgIpc) is 3.00. The summed E-state index contributed by atoms with van der Waals surface area (Å²) >= 11 is 0. The molecule has 0 radical (unpaired) electrons. The maximum absolute atomic E-state index is 6.00. The molecule has 3 atom stereocenters. The fourth-order valence-corrected chi connectivity index (χ4v) is 2.64. The van der Waals surface area contributed by atoms with E-state index in [9.17, 15) is 0 Å². The van der Waals surface area contributed by atoms with E-state index in [1.54, 1.807) is 0 Å². The predicted octanol–water partition coefficient (Wildman–Crippen LogP) is 3.82. The zero-order chi connectivity index (χ0) is 14.1. The van der Waals surface area contributed by atoms with E-state index >= 15 is 0 Å². The number of para-hydroxylation sites is 1. The second kappa shape index (κ2) is 5.33. The minimum atomic E-state index is 0.0268. The Morgan fingerprint density at radius 1 is 1.30 bits per heavy atom. The van der Waals surface area contributed by atoms with Gasteiger partial charge in [-0.05, 0) is 43.0 Å². The summed E-state index contributed by atoms with van der Waals surface area (Å²) in [5.41, 5.74) is 8.24. The molecule has 3 N–H and O–H groups in total. The SMILES string of the molecule is Cc1ccccc1NC(CN)c1ccc(C2CC2C)o1. The van der Waals surface area contributed by atoms with Crippen molar-refractivity contribution in [2.24, 2.45) is 11.7 Å². The summed E-state index contributed by atoms with van der Waals surface area (Å²) < 4.78 is 6.00. The van der Waals surface area contributed by atoms with Crippen molar-refractivity contribution in [3.05, 3.63) is 53.5 Å². The molecule has 1 aromatic heterocycles. The van der Waals surface area contributed by atoms with Gasteiger partial charge in [0.25, 0.3) is 0 Å². The van der Waals surface area contributed by atoms with Crippen LogP contribution in [0.2, 0.25) is 0 Å². The van der Waals surface area contributed by atoms with Crippen molar-refractivity contribution in [1.82, 2.24) is 0 Å². The quantitative estimate of drug-likeness (QED) is 0.868. The Kier molecular flexibility index (Phi) is 3.53. The van der Waals surface area contributed by atoms with E-state index in [4.69, 9.17) is 10.2 Å². The Balaban J connectivity index is 1.76. The smallest absolute Gasteiger partial charge is 0.127 e. The van der Waals surface area contributed by atoms with Crippen LogP contribution < -0.4 is 11.1 Å². The second-order valence-electron chi connectivity index (χ2n) is 5.81.